The first-order chi connectivity index (χ1) is 7.58. The molecule has 1 saturated heterocycles. The third-order valence-corrected chi connectivity index (χ3v) is 3.51. The van der Waals surface area contributed by atoms with Gasteiger partial charge in [-0.25, -0.2) is 4.39 Å². The van der Waals surface area contributed by atoms with Gasteiger partial charge in [0.05, 0.1) is 4.47 Å². The summed E-state index contributed by atoms with van der Waals surface area (Å²) in [5.74, 6) is 0.0735. The van der Waals surface area contributed by atoms with Crippen LogP contribution in [0.1, 0.15) is 18.4 Å². The van der Waals surface area contributed by atoms with Gasteiger partial charge in [0.15, 0.2) is 0 Å². The molecule has 1 aromatic carbocycles. The van der Waals surface area contributed by atoms with Crippen LogP contribution in [0.4, 0.5) is 10.1 Å². The van der Waals surface area contributed by atoms with Crippen LogP contribution in [-0.2, 0) is 4.79 Å². The second kappa shape index (κ2) is 4.53. The molecule has 4 heteroatoms. The summed E-state index contributed by atoms with van der Waals surface area (Å²) < 4.78 is 13.7. The first kappa shape index (κ1) is 11.6. The predicted octanol–water partition coefficient (Wildman–Crippen LogP) is 3.07. The lowest BCUT2D eigenvalue weighted by Gasteiger charge is -2.29. The molecule has 1 heterocycles. The minimum atomic E-state index is -0.241. The zero-order valence-corrected chi connectivity index (χ0v) is 10.7. The number of anilines is 1. The average molecular weight is 286 g/mol. The molecule has 2 nitrogen and oxygen atoms in total. The molecule has 1 aliphatic rings. The van der Waals surface area contributed by atoms with E-state index >= 15 is 0 Å². The molecule has 0 unspecified atom stereocenters. The number of carbonyl (C=O) groups excluding carboxylic acids is 1. The van der Waals surface area contributed by atoms with E-state index in [0.29, 0.717) is 23.1 Å². The molecule has 0 saturated carbocycles. The lowest BCUT2D eigenvalue weighted by molar-refractivity contribution is -0.119. The number of piperidine rings is 1. The second-order valence-corrected chi connectivity index (χ2v) is 4.93. The SMILES string of the molecule is Cc1cc(F)c(Br)cc1N1CCC(=O)CC1. The van der Waals surface area contributed by atoms with Gasteiger partial charge in [-0.05, 0) is 40.5 Å². The fraction of sp³-hybridized carbons (Fsp3) is 0.417. The number of Topliss-reactive ketones (excluding diaryl/α,β-unsaturated/α-hetero) is 1. The van der Waals surface area contributed by atoms with Crippen molar-refractivity contribution in [1.29, 1.82) is 0 Å². The highest BCUT2D eigenvalue weighted by Crippen LogP contribution is 2.28. The Morgan fingerprint density at radius 1 is 1.31 bits per heavy atom. The van der Waals surface area contributed by atoms with Crippen molar-refractivity contribution in [2.45, 2.75) is 19.8 Å². The minimum absolute atomic E-state index is 0.241. The maximum Gasteiger partial charge on any atom is 0.137 e. The molecule has 0 radical (unpaired) electrons. The third kappa shape index (κ3) is 2.26. The van der Waals surface area contributed by atoms with Crippen LogP contribution in [0.15, 0.2) is 16.6 Å². The van der Waals surface area contributed by atoms with Crippen molar-refractivity contribution in [3.05, 3.63) is 28.0 Å². The molecule has 0 atom stereocenters. The van der Waals surface area contributed by atoms with Crippen molar-refractivity contribution in [3.63, 3.8) is 0 Å². The zero-order chi connectivity index (χ0) is 11.7. The van der Waals surface area contributed by atoms with Gasteiger partial charge in [0.25, 0.3) is 0 Å². The smallest absolute Gasteiger partial charge is 0.137 e. The van der Waals surface area contributed by atoms with Crippen LogP contribution < -0.4 is 4.90 Å². The predicted molar refractivity (Wildman–Crippen MR) is 65.3 cm³/mol. The Morgan fingerprint density at radius 2 is 1.94 bits per heavy atom. The molecule has 16 heavy (non-hydrogen) atoms. The van der Waals surface area contributed by atoms with Crippen LogP contribution in [0.25, 0.3) is 0 Å². The highest BCUT2D eigenvalue weighted by atomic mass is 79.9. The molecular formula is C12H13BrFNO. The Bertz CT molecular complexity index is 423. The summed E-state index contributed by atoms with van der Waals surface area (Å²) in [6.07, 6.45) is 1.18. The zero-order valence-electron chi connectivity index (χ0n) is 9.09. The fourth-order valence-corrected chi connectivity index (χ4v) is 2.30. The largest absolute Gasteiger partial charge is 0.370 e. The maximum atomic E-state index is 13.3. The monoisotopic (exact) mass is 285 g/mol. The van der Waals surface area contributed by atoms with Gasteiger partial charge in [-0.2, -0.15) is 0 Å². The lowest BCUT2D eigenvalue weighted by atomic mass is 10.1. The van der Waals surface area contributed by atoms with Crippen molar-refractivity contribution in [1.82, 2.24) is 0 Å². The van der Waals surface area contributed by atoms with E-state index in [1.54, 1.807) is 6.07 Å². The number of hydrogen-bond acceptors (Lipinski definition) is 2. The molecule has 0 aromatic heterocycles. The van der Waals surface area contributed by atoms with Gasteiger partial charge >= 0.3 is 0 Å². The molecule has 0 aliphatic carbocycles. The number of aryl methyl sites for hydroxylation is 1. The molecule has 1 aliphatic heterocycles. The van der Waals surface area contributed by atoms with Crippen LogP contribution in [0.5, 0.6) is 0 Å². The summed E-state index contributed by atoms with van der Waals surface area (Å²) in [5, 5.41) is 0. The lowest BCUT2D eigenvalue weighted by Crippen LogP contribution is -2.34. The van der Waals surface area contributed by atoms with Crippen molar-refractivity contribution >= 4 is 27.4 Å². The Hall–Kier alpha value is -0.900. The van der Waals surface area contributed by atoms with Crippen molar-refractivity contribution in [2.24, 2.45) is 0 Å². The third-order valence-electron chi connectivity index (χ3n) is 2.90. The van der Waals surface area contributed by atoms with E-state index < -0.39 is 0 Å². The number of hydrogen-bond donors (Lipinski definition) is 0. The number of benzene rings is 1. The fourth-order valence-electron chi connectivity index (χ4n) is 1.97. The molecule has 2 rings (SSSR count). The molecule has 1 fully saturated rings. The van der Waals surface area contributed by atoms with E-state index in [-0.39, 0.29) is 5.82 Å². The molecule has 86 valence electrons. The Labute approximate surface area is 103 Å². The highest BCUT2D eigenvalue weighted by Gasteiger charge is 2.18. The van der Waals surface area contributed by atoms with Gasteiger partial charge < -0.3 is 4.90 Å². The summed E-state index contributed by atoms with van der Waals surface area (Å²) in [4.78, 5) is 13.3. The van der Waals surface area contributed by atoms with Gasteiger partial charge in [0.2, 0.25) is 0 Å². The first-order valence-corrected chi connectivity index (χ1v) is 6.09. The Morgan fingerprint density at radius 3 is 2.56 bits per heavy atom. The van der Waals surface area contributed by atoms with Crippen LogP contribution in [0, 0.1) is 12.7 Å². The maximum absolute atomic E-state index is 13.3. The van der Waals surface area contributed by atoms with Crippen LogP contribution >= 0.6 is 15.9 Å². The number of carbonyl (C=O) groups is 1. The minimum Gasteiger partial charge on any atom is -0.370 e. The first-order valence-electron chi connectivity index (χ1n) is 5.30. The molecule has 0 N–H and O–H groups in total. The normalized spacial score (nSPS) is 16.7. The van der Waals surface area contributed by atoms with Gasteiger partial charge in [0.1, 0.15) is 11.6 Å². The van der Waals surface area contributed by atoms with Gasteiger partial charge in [0, 0.05) is 31.6 Å². The van der Waals surface area contributed by atoms with Crippen molar-refractivity contribution < 1.29 is 9.18 Å². The molecule has 1 aromatic rings. The number of rotatable bonds is 1. The topological polar surface area (TPSA) is 20.3 Å². The van der Waals surface area contributed by atoms with Gasteiger partial charge in [-0.1, -0.05) is 0 Å². The quantitative estimate of drug-likeness (QED) is 0.790. The van der Waals surface area contributed by atoms with Crippen LogP contribution in [0.2, 0.25) is 0 Å². The highest BCUT2D eigenvalue weighted by molar-refractivity contribution is 9.10. The van der Waals surface area contributed by atoms with Crippen molar-refractivity contribution in [2.75, 3.05) is 18.0 Å². The van der Waals surface area contributed by atoms with E-state index in [1.807, 2.05) is 6.92 Å². The van der Waals surface area contributed by atoms with Crippen molar-refractivity contribution in [3.8, 4) is 0 Å². The van der Waals surface area contributed by atoms with Crippen LogP contribution in [0.3, 0.4) is 0 Å². The summed E-state index contributed by atoms with van der Waals surface area (Å²) >= 11 is 3.19. The molecule has 0 amide bonds. The average Bonchev–Trinajstić information content (AvgIpc) is 2.25. The Balaban J connectivity index is 2.26. The molecule has 0 spiro atoms. The van der Waals surface area contributed by atoms with E-state index in [4.69, 9.17) is 0 Å². The van der Waals surface area contributed by atoms with E-state index in [2.05, 4.69) is 20.8 Å². The summed E-state index contributed by atoms with van der Waals surface area (Å²) in [6, 6.07) is 3.32. The number of nitrogens with zero attached hydrogens (tertiary/aromatic N) is 1. The van der Waals surface area contributed by atoms with Crippen LogP contribution in [-0.4, -0.2) is 18.9 Å². The van der Waals surface area contributed by atoms with E-state index in [1.165, 1.54) is 6.07 Å². The van der Waals surface area contributed by atoms with Gasteiger partial charge in [-0.3, -0.25) is 4.79 Å². The van der Waals surface area contributed by atoms with E-state index in [9.17, 15) is 9.18 Å². The Kier molecular flexibility index (Phi) is 3.28. The summed E-state index contributed by atoms with van der Waals surface area (Å²) in [7, 11) is 0. The molecular weight excluding hydrogens is 273 g/mol. The second-order valence-electron chi connectivity index (χ2n) is 4.08. The van der Waals surface area contributed by atoms with E-state index in [0.717, 1.165) is 24.3 Å². The standard InChI is InChI=1S/C12H13BrFNO/c1-8-6-11(14)10(13)7-12(8)15-4-2-9(16)3-5-15/h6-7H,2-5H2,1H3. The number of halogens is 2. The summed E-state index contributed by atoms with van der Waals surface area (Å²) in [5.41, 5.74) is 1.93. The molecule has 0 bridgehead atoms. The number of ketones is 1. The summed E-state index contributed by atoms with van der Waals surface area (Å²) in [6.45, 7) is 3.36. The van der Waals surface area contributed by atoms with Gasteiger partial charge in [-0.15, -0.1) is 0 Å².